The molecule has 0 aliphatic heterocycles. The molecule has 0 fully saturated rings. The average molecular weight is 657 g/mol. The van der Waals surface area contributed by atoms with Gasteiger partial charge in [-0.25, -0.2) is 0 Å². The highest BCUT2D eigenvalue weighted by atomic mass is 14.3. The molecule has 0 N–H and O–H groups in total. The minimum absolute atomic E-state index is 1.22. The zero-order valence-electron chi connectivity index (χ0n) is 28.5. The lowest BCUT2D eigenvalue weighted by atomic mass is 9.87. The van der Waals surface area contributed by atoms with Crippen molar-refractivity contribution < 1.29 is 0 Å². The summed E-state index contributed by atoms with van der Waals surface area (Å²) in [6.07, 6.45) is 0. The zero-order chi connectivity index (χ0) is 34.2. The molecule has 0 amide bonds. The predicted molar refractivity (Wildman–Crippen MR) is 223 cm³/mol. The summed E-state index contributed by atoms with van der Waals surface area (Å²) in [7, 11) is 0. The molecule has 10 aromatic rings. The van der Waals surface area contributed by atoms with Crippen LogP contribution in [0.5, 0.6) is 0 Å². The molecule has 52 heavy (non-hydrogen) atoms. The predicted octanol–water partition coefficient (Wildman–Crippen LogP) is 14.6. The van der Waals surface area contributed by atoms with Gasteiger partial charge in [0.05, 0.1) is 0 Å². The average Bonchev–Trinajstić information content (AvgIpc) is 3.55. The molecule has 10 aromatic carbocycles. The topological polar surface area (TPSA) is 0 Å². The fraction of sp³-hybridized carbons (Fsp3) is 0. The SMILES string of the molecule is c1ccc(-c2cc3ccccc3cc2-c2ccc3c(c2)c(-c2ccccc2)cc2cc(-c4ccc5c6c(cccc46)-c4ccccc4-5)ccc23)cc1. The monoisotopic (exact) mass is 656 g/mol. The number of hydrogen-bond donors (Lipinski definition) is 0. The fourth-order valence-electron chi connectivity index (χ4n) is 8.75. The summed E-state index contributed by atoms with van der Waals surface area (Å²) >= 11 is 0. The van der Waals surface area contributed by atoms with Crippen LogP contribution in [0.25, 0.3) is 110 Å². The minimum Gasteiger partial charge on any atom is -0.0622 e. The third kappa shape index (κ3) is 4.41. The molecule has 0 saturated heterocycles. The first-order chi connectivity index (χ1) is 25.8. The zero-order valence-corrected chi connectivity index (χ0v) is 28.5. The Morgan fingerprint density at radius 3 is 1.42 bits per heavy atom. The van der Waals surface area contributed by atoms with Crippen molar-refractivity contribution in [3.63, 3.8) is 0 Å². The Kier molecular flexibility index (Phi) is 6.35. The van der Waals surface area contributed by atoms with E-state index in [1.807, 2.05) is 0 Å². The fourth-order valence-corrected chi connectivity index (χ4v) is 8.75. The lowest BCUT2D eigenvalue weighted by molar-refractivity contribution is 1.61. The molecule has 0 nitrogen and oxygen atoms in total. The maximum atomic E-state index is 2.42. The maximum absolute atomic E-state index is 2.42. The second-order valence-electron chi connectivity index (χ2n) is 14.0. The Labute approximate surface area is 302 Å². The van der Waals surface area contributed by atoms with Crippen molar-refractivity contribution in [3.8, 4) is 66.8 Å². The Morgan fingerprint density at radius 2 is 0.712 bits per heavy atom. The number of hydrogen-bond acceptors (Lipinski definition) is 0. The van der Waals surface area contributed by atoms with E-state index in [0.29, 0.717) is 0 Å². The molecule has 0 aromatic heterocycles. The van der Waals surface area contributed by atoms with Gasteiger partial charge in [0.2, 0.25) is 0 Å². The Hall–Kier alpha value is -6.76. The van der Waals surface area contributed by atoms with E-state index in [1.54, 1.807) is 0 Å². The van der Waals surface area contributed by atoms with Crippen LogP contribution in [0, 0.1) is 0 Å². The van der Waals surface area contributed by atoms with Gasteiger partial charge >= 0.3 is 0 Å². The van der Waals surface area contributed by atoms with Crippen molar-refractivity contribution in [2.45, 2.75) is 0 Å². The summed E-state index contributed by atoms with van der Waals surface area (Å²) in [5.41, 5.74) is 15.3. The summed E-state index contributed by atoms with van der Waals surface area (Å²) in [4.78, 5) is 0. The van der Waals surface area contributed by atoms with Gasteiger partial charge in [-0.3, -0.25) is 0 Å². The molecule has 0 radical (unpaired) electrons. The molecule has 240 valence electrons. The van der Waals surface area contributed by atoms with Crippen LogP contribution in [0.1, 0.15) is 0 Å². The molecule has 1 aliphatic rings. The minimum atomic E-state index is 1.22. The smallest absolute Gasteiger partial charge is 0.00201 e. The quantitative estimate of drug-likeness (QED) is 0.165. The Bertz CT molecular complexity index is 3010. The molecule has 0 heteroatoms. The van der Waals surface area contributed by atoms with E-state index >= 15 is 0 Å². The molecule has 1 aliphatic carbocycles. The molecule has 0 saturated carbocycles. The van der Waals surface area contributed by atoms with Gasteiger partial charge in [-0.15, -0.1) is 0 Å². The van der Waals surface area contributed by atoms with Crippen LogP contribution < -0.4 is 0 Å². The first-order valence-electron chi connectivity index (χ1n) is 18.1. The maximum Gasteiger partial charge on any atom is -0.00201 e. The standard InChI is InChI=1S/C52H32/c1-3-12-33(13-4-1)48-29-35-16-7-8-17-36(35)30-50(48)38-23-25-44-41-24-22-37(28-39(41)32-49(51(44)31-38)34-14-5-2-6-15-34)40-26-27-47-43-19-10-9-18-42(43)46-21-11-20-45(40)52(46)47/h1-32H. The Balaban J connectivity index is 1.13. The van der Waals surface area contributed by atoms with Gasteiger partial charge in [0, 0.05) is 0 Å². The van der Waals surface area contributed by atoms with Gasteiger partial charge in [0.25, 0.3) is 0 Å². The second kappa shape index (κ2) is 11.4. The van der Waals surface area contributed by atoms with E-state index in [9.17, 15) is 0 Å². The van der Waals surface area contributed by atoms with Gasteiger partial charge in [-0.05, 0) is 140 Å². The number of benzene rings is 10. The van der Waals surface area contributed by atoms with Gasteiger partial charge in [-0.1, -0.05) is 164 Å². The van der Waals surface area contributed by atoms with Crippen molar-refractivity contribution >= 4 is 43.1 Å². The third-order valence-corrected chi connectivity index (χ3v) is 11.2. The highest BCUT2D eigenvalue weighted by Gasteiger charge is 2.22. The summed E-state index contributed by atoms with van der Waals surface area (Å²) in [5.74, 6) is 0. The van der Waals surface area contributed by atoms with Crippen LogP contribution in [-0.4, -0.2) is 0 Å². The van der Waals surface area contributed by atoms with Gasteiger partial charge < -0.3 is 0 Å². The van der Waals surface area contributed by atoms with E-state index in [2.05, 4.69) is 194 Å². The van der Waals surface area contributed by atoms with Crippen LogP contribution in [0.3, 0.4) is 0 Å². The number of fused-ring (bicyclic) bond motifs is 7. The van der Waals surface area contributed by atoms with Crippen molar-refractivity contribution in [1.82, 2.24) is 0 Å². The highest BCUT2D eigenvalue weighted by molar-refractivity contribution is 6.20. The molecule has 0 bridgehead atoms. The van der Waals surface area contributed by atoms with Crippen LogP contribution in [-0.2, 0) is 0 Å². The lowest BCUT2D eigenvalue weighted by Gasteiger charge is -2.17. The van der Waals surface area contributed by atoms with Crippen molar-refractivity contribution in [1.29, 1.82) is 0 Å². The highest BCUT2D eigenvalue weighted by Crippen LogP contribution is 2.49. The summed E-state index contributed by atoms with van der Waals surface area (Å²) in [6, 6.07) is 71.9. The Morgan fingerprint density at radius 1 is 0.192 bits per heavy atom. The van der Waals surface area contributed by atoms with Crippen LogP contribution in [0.4, 0.5) is 0 Å². The molecule has 0 atom stereocenters. The normalized spacial score (nSPS) is 11.8. The second-order valence-corrected chi connectivity index (χ2v) is 14.0. The third-order valence-electron chi connectivity index (χ3n) is 11.2. The number of rotatable bonds is 4. The van der Waals surface area contributed by atoms with E-state index < -0.39 is 0 Å². The van der Waals surface area contributed by atoms with E-state index in [0.717, 1.165) is 0 Å². The van der Waals surface area contributed by atoms with Crippen molar-refractivity contribution in [2.24, 2.45) is 0 Å². The van der Waals surface area contributed by atoms with Crippen LogP contribution in [0.2, 0.25) is 0 Å². The van der Waals surface area contributed by atoms with E-state index in [-0.39, 0.29) is 0 Å². The molecular formula is C52H32. The lowest BCUT2D eigenvalue weighted by Crippen LogP contribution is -1.90. The summed E-state index contributed by atoms with van der Waals surface area (Å²) < 4.78 is 0. The molecule has 0 heterocycles. The van der Waals surface area contributed by atoms with Gasteiger partial charge in [0.1, 0.15) is 0 Å². The molecular weight excluding hydrogens is 625 g/mol. The van der Waals surface area contributed by atoms with Crippen molar-refractivity contribution in [2.75, 3.05) is 0 Å². The van der Waals surface area contributed by atoms with E-state index in [1.165, 1.54) is 110 Å². The first kappa shape index (κ1) is 29.0. The summed E-state index contributed by atoms with van der Waals surface area (Å²) in [6.45, 7) is 0. The van der Waals surface area contributed by atoms with Crippen LogP contribution >= 0.6 is 0 Å². The van der Waals surface area contributed by atoms with Crippen LogP contribution in [0.15, 0.2) is 194 Å². The molecule has 11 rings (SSSR count). The van der Waals surface area contributed by atoms with E-state index in [4.69, 9.17) is 0 Å². The largest absolute Gasteiger partial charge is 0.0622 e. The van der Waals surface area contributed by atoms with Gasteiger partial charge in [0.15, 0.2) is 0 Å². The first-order valence-corrected chi connectivity index (χ1v) is 18.1. The summed E-state index contributed by atoms with van der Waals surface area (Å²) in [5, 5.41) is 10.2. The molecule has 0 unspecified atom stereocenters. The van der Waals surface area contributed by atoms with Gasteiger partial charge in [-0.2, -0.15) is 0 Å². The van der Waals surface area contributed by atoms with Crippen molar-refractivity contribution in [3.05, 3.63) is 194 Å². The molecule has 0 spiro atoms.